The summed E-state index contributed by atoms with van der Waals surface area (Å²) in [5.74, 6) is 0.724. The van der Waals surface area contributed by atoms with Gasteiger partial charge in [-0.3, -0.25) is 4.79 Å². The first-order valence-corrected chi connectivity index (χ1v) is 4.70. The fourth-order valence-corrected chi connectivity index (χ4v) is 1.38. The van der Waals surface area contributed by atoms with Gasteiger partial charge in [-0.05, 0) is 19.3 Å². The van der Waals surface area contributed by atoms with Crippen molar-refractivity contribution in [3.8, 4) is 0 Å². The molecule has 0 heterocycles. The highest BCUT2D eigenvalue weighted by molar-refractivity contribution is 5.73. The van der Waals surface area contributed by atoms with E-state index in [4.69, 9.17) is 5.73 Å². The van der Waals surface area contributed by atoms with Crippen LogP contribution >= 0.6 is 0 Å². The summed E-state index contributed by atoms with van der Waals surface area (Å²) in [7, 11) is 0. The first-order chi connectivity index (χ1) is 5.68. The predicted octanol–water partition coefficient (Wildman–Crippen LogP) is 0.640. The van der Waals surface area contributed by atoms with E-state index in [0.29, 0.717) is 12.5 Å². The number of rotatable bonds is 6. The van der Waals surface area contributed by atoms with E-state index in [1.807, 2.05) is 0 Å². The fraction of sp³-hybridized carbons (Fsp3) is 0.889. The summed E-state index contributed by atoms with van der Waals surface area (Å²) in [4.78, 5) is 10.4. The number of hydrogen-bond acceptors (Lipinski definition) is 2. The molecule has 0 aromatic carbocycles. The van der Waals surface area contributed by atoms with Crippen molar-refractivity contribution in [2.45, 2.75) is 38.6 Å². The molecule has 3 nitrogen and oxygen atoms in total. The van der Waals surface area contributed by atoms with Crippen LogP contribution in [0.25, 0.3) is 0 Å². The molecular weight excluding hydrogens is 152 g/mol. The molecule has 1 amide bonds. The van der Waals surface area contributed by atoms with Crippen molar-refractivity contribution < 1.29 is 4.79 Å². The van der Waals surface area contributed by atoms with E-state index in [1.165, 1.54) is 19.3 Å². The molecule has 1 saturated carbocycles. The van der Waals surface area contributed by atoms with E-state index in [-0.39, 0.29) is 5.91 Å². The topological polar surface area (TPSA) is 55.1 Å². The first-order valence-electron chi connectivity index (χ1n) is 4.70. The molecule has 0 radical (unpaired) electrons. The van der Waals surface area contributed by atoms with Crippen molar-refractivity contribution in [1.82, 2.24) is 5.32 Å². The van der Waals surface area contributed by atoms with Gasteiger partial charge < -0.3 is 11.1 Å². The normalized spacial score (nSPS) is 19.1. The summed E-state index contributed by atoms with van der Waals surface area (Å²) in [6.07, 6.45) is 4.48. The van der Waals surface area contributed by atoms with E-state index in [1.54, 1.807) is 0 Å². The van der Waals surface area contributed by atoms with Crippen molar-refractivity contribution in [3.63, 3.8) is 0 Å². The zero-order valence-electron chi connectivity index (χ0n) is 7.68. The van der Waals surface area contributed by atoms with E-state index in [0.717, 1.165) is 12.5 Å². The molecule has 3 heteroatoms. The molecule has 1 fully saturated rings. The van der Waals surface area contributed by atoms with E-state index >= 15 is 0 Å². The number of nitrogens with two attached hydrogens (primary N) is 1. The molecule has 0 saturated heterocycles. The Labute approximate surface area is 73.7 Å². The van der Waals surface area contributed by atoms with Crippen molar-refractivity contribution in [2.24, 2.45) is 11.7 Å². The van der Waals surface area contributed by atoms with Gasteiger partial charge in [-0.2, -0.15) is 0 Å². The summed E-state index contributed by atoms with van der Waals surface area (Å²) >= 11 is 0. The molecule has 3 N–H and O–H groups in total. The third-order valence-corrected chi connectivity index (χ3v) is 2.25. The maximum Gasteiger partial charge on any atom is 0.218 e. The Morgan fingerprint density at radius 1 is 1.67 bits per heavy atom. The Morgan fingerprint density at radius 2 is 2.33 bits per heavy atom. The Kier molecular flexibility index (Phi) is 3.53. The summed E-state index contributed by atoms with van der Waals surface area (Å²) in [5.41, 5.74) is 5.01. The zero-order valence-corrected chi connectivity index (χ0v) is 7.68. The van der Waals surface area contributed by atoms with Crippen LogP contribution in [0.3, 0.4) is 0 Å². The minimum absolute atomic E-state index is 0.221. The molecule has 1 aliphatic rings. The number of carbonyl (C=O) groups excluding carboxylic acids is 1. The van der Waals surface area contributed by atoms with E-state index < -0.39 is 0 Å². The van der Waals surface area contributed by atoms with Crippen LogP contribution in [0.5, 0.6) is 0 Å². The van der Waals surface area contributed by atoms with Crippen molar-refractivity contribution in [3.05, 3.63) is 0 Å². The Morgan fingerprint density at radius 3 is 2.83 bits per heavy atom. The molecule has 12 heavy (non-hydrogen) atoms. The molecule has 0 aliphatic heterocycles. The number of nitrogens with one attached hydrogen (secondary N) is 1. The highest BCUT2D eigenvalue weighted by atomic mass is 16.1. The smallest absolute Gasteiger partial charge is 0.218 e. The number of carbonyl (C=O) groups is 1. The monoisotopic (exact) mass is 170 g/mol. The van der Waals surface area contributed by atoms with Crippen LogP contribution in [-0.2, 0) is 4.79 Å². The van der Waals surface area contributed by atoms with Crippen molar-refractivity contribution in [2.75, 3.05) is 6.54 Å². The number of hydrogen-bond donors (Lipinski definition) is 2. The fourth-order valence-electron chi connectivity index (χ4n) is 1.38. The second-order valence-corrected chi connectivity index (χ2v) is 3.75. The van der Waals surface area contributed by atoms with Crippen LogP contribution in [-0.4, -0.2) is 18.5 Å². The van der Waals surface area contributed by atoms with Crippen LogP contribution in [0.15, 0.2) is 0 Å². The molecular formula is C9H18N2O. The zero-order chi connectivity index (χ0) is 8.97. The molecule has 1 unspecified atom stereocenters. The molecule has 1 atom stereocenters. The third-order valence-electron chi connectivity index (χ3n) is 2.25. The molecule has 0 aromatic heterocycles. The van der Waals surface area contributed by atoms with Gasteiger partial charge in [-0.15, -0.1) is 0 Å². The minimum atomic E-state index is -0.221. The maximum atomic E-state index is 10.4. The van der Waals surface area contributed by atoms with Gasteiger partial charge in [0.05, 0.1) is 0 Å². The lowest BCUT2D eigenvalue weighted by Crippen LogP contribution is -2.30. The molecule has 70 valence electrons. The highest BCUT2D eigenvalue weighted by Crippen LogP contribution is 2.33. The molecule has 0 bridgehead atoms. The largest absolute Gasteiger partial charge is 0.370 e. The summed E-state index contributed by atoms with van der Waals surface area (Å²) in [6, 6.07) is 0.539. The second kappa shape index (κ2) is 4.45. The quantitative estimate of drug-likeness (QED) is 0.614. The van der Waals surface area contributed by atoms with Gasteiger partial charge in [0.2, 0.25) is 5.91 Å². The van der Waals surface area contributed by atoms with Gasteiger partial charge >= 0.3 is 0 Å². The standard InChI is InChI=1S/C9H18N2O/c1-7(6-8-2-3-8)11-5-4-9(10)12/h7-8,11H,2-6H2,1H3,(H2,10,12). The predicted molar refractivity (Wildman–Crippen MR) is 48.6 cm³/mol. The molecule has 1 rings (SSSR count). The lowest BCUT2D eigenvalue weighted by molar-refractivity contribution is -0.117. The second-order valence-electron chi connectivity index (χ2n) is 3.75. The lowest BCUT2D eigenvalue weighted by atomic mass is 10.1. The summed E-state index contributed by atoms with van der Waals surface area (Å²) in [5, 5.41) is 3.28. The average Bonchev–Trinajstić information content (AvgIpc) is 2.70. The Balaban J connectivity index is 1.93. The van der Waals surface area contributed by atoms with Gasteiger partial charge in [0.25, 0.3) is 0 Å². The van der Waals surface area contributed by atoms with Crippen molar-refractivity contribution in [1.29, 1.82) is 0 Å². The Bertz CT molecular complexity index is 155. The van der Waals surface area contributed by atoms with Crippen LogP contribution in [0.4, 0.5) is 0 Å². The van der Waals surface area contributed by atoms with Crippen LogP contribution < -0.4 is 11.1 Å². The van der Waals surface area contributed by atoms with E-state index in [9.17, 15) is 4.79 Å². The van der Waals surface area contributed by atoms with Crippen LogP contribution in [0.1, 0.15) is 32.6 Å². The highest BCUT2D eigenvalue weighted by Gasteiger charge is 2.23. The van der Waals surface area contributed by atoms with Crippen molar-refractivity contribution >= 4 is 5.91 Å². The lowest BCUT2D eigenvalue weighted by Gasteiger charge is -2.11. The Hall–Kier alpha value is -0.570. The van der Waals surface area contributed by atoms with Gasteiger partial charge in [0.1, 0.15) is 0 Å². The SMILES string of the molecule is CC(CC1CC1)NCCC(N)=O. The van der Waals surface area contributed by atoms with Gasteiger partial charge in [0, 0.05) is 19.0 Å². The first kappa shape index (κ1) is 9.52. The van der Waals surface area contributed by atoms with Crippen LogP contribution in [0, 0.1) is 5.92 Å². The van der Waals surface area contributed by atoms with Gasteiger partial charge in [-0.25, -0.2) is 0 Å². The van der Waals surface area contributed by atoms with Gasteiger partial charge in [-0.1, -0.05) is 12.8 Å². The molecule has 0 aromatic rings. The maximum absolute atomic E-state index is 10.4. The number of amides is 1. The summed E-state index contributed by atoms with van der Waals surface area (Å²) < 4.78 is 0. The summed E-state index contributed by atoms with van der Waals surface area (Å²) in [6.45, 7) is 2.89. The van der Waals surface area contributed by atoms with E-state index in [2.05, 4.69) is 12.2 Å². The average molecular weight is 170 g/mol. The minimum Gasteiger partial charge on any atom is -0.370 e. The van der Waals surface area contributed by atoms with Gasteiger partial charge in [0.15, 0.2) is 0 Å². The number of primary amides is 1. The van der Waals surface area contributed by atoms with Crippen LogP contribution in [0.2, 0.25) is 0 Å². The third kappa shape index (κ3) is 4.34. The molecule has 1 aliphatic carbocycles. The molecule has 0 spiro atoms.